The molecule has 8 heteroatoms. The van der Waals surface area contributed by atoms with Crippen molar-refractivity contribution in [1.29, 1.82) is 0 Å². The zero-order valence-corrected chi connectivity index (χ0v) is 16.1. The fraction of sp³-hybridized carbons (Fsp3) is 0.579. The normalized spacial score (nSPS) is 37.6. The lowest BCUT2D eigenvalue weighted by Crippen LogP contribution is -2.38. The Labute approximate surface area is 156 Å². The molecule has 3 rings (SSSR count). The molecule has 0 amide bonds. The van der Waals surface area contributed by atoms with E-state index in [0.717, 1.165) is 0 Å². The zero-order chi connectivity index (χ0) is 20.4. The number of ether oxygens (including phenoxy) is 4. The summed E-state index contributed by atoms with van der Waals surface area (Å²) in [4.78, 5) is 51.0. The van der Waals surface area contributed by atoms with E-state index in [9.17, 15) is 19.2 Å². The van der Waals surface area contributed by atoms with Gasteiger partial charge in [0.25, 0.3) is 0 Å². The van der Waals surface area contributed by atoms with Gasteiger partial charge in [0.15, 0.2) is 0 Å². The molecule has 1 saturated carbocycles. The van der Waals surface area contributed by atoms with Crippen molar-refractivity contribution in [2.45, 2.75) is 20.3 Å². The van der Waals surface area contributed by atoms with Gasteiger partial charge in [-0.2, -0.15) is 0 Å². The molecule has 0 aromatic heterocycles. The van der Waals surface area contributed by atoms with E-state index < -0.39 is 45.5 Å². The summed E-state index contributed by atoms with van der Waals surface area (Å²) < 4.78 is 19.8. The molecule has 0 saturated heterocycles. The second-order valence-electron chi connectivity index (χ2n) is 7.08. The molecule has 0 aromatic rings. The second-order valence-corrected chi connectivity index (χ2v) is 7.08. The molecule has 0 N–H and O–H groups in total. The van der Waals surface area contributed by atoms with Gasteiger partial charge in [-0.25, -0.2) is 9.59 Å². The Kier molecular flexibility index (Phi) is 3.85. The predicted molar refractivity (Wildman–Crippen MR) is 89.9 cm³/mol. The largest absolute Gasteiger partial charge is 0.468 e. The van der Waals surface area contributed by atoms with Crippen LogP contribution in [-0.2, 0) is 38.1 Å². The van der Waals surface area contributed by atoms with Gasteiger partial charge < -0.3 is 18.9 Å². The van der Waals surface area contributed by atoms with Crippen LogP contribution in [0, 0.1) is 21.7 Å². The Bertz CT molecular complexity index is 775. The van der Waals surface area contributed by atoms with Crippen LogP contribution in [0.3, 0.4) is 0 Å². The van der Waals surface area contributed by atoms with E-state index in [0.29, 0.717) is 6.42 Å². The van der Waals surface area contributed by atoms with Gasteiger partial charge in [-0.05, 0) is 6.42 Å². The highest BCUT2D eigenvalue weighted by atomic mass is 16.5. The highest BCUT2D eigenvalue weighted by Crippen LogP contribution is 2.95. The number of hydrogen-bond acceptors (Lipinski definition) is 8. The first kappa shape index (κ1) is 19.1. The Morgan fingerprint density at radius 3 is 1.41 bits per heavy atom. The first-order valence-corrected chi connectivity index (χ1v) is 8.48. The number of methoxy groups -OCH3 is 4. The smallest absolute Gasteiger partial charge is 0.334 e. The summed E-state index contributed by atoms with van der Waals surface area (Å²) in [5, 5.41) is 0. The summed E-state index contributed by atoms with van der Waals surface area (Å²) in [6.45, 7) is 3.45. The van der Waals surface area contributed by atoms with Crippen molar-refractivity contribution in [3.8, 4) is 0 Å². The molecule has 146 valence electrons. The summed E-state index contributed by atoms with van der Waals surface area (Å²) in [6, 6.07) is 0. The van der Waals surface area contributed by atoms with E-state index >= 15 is 0 Å². The summed E-state index contributed by atoms with van der Waals surface area (Å²) in [5.41, 5.74) is -5.04. The van der Waals surface area contributed by atoms with Crippen LogP contribution in [0.15, 0.2) is 23.3 Å². The van der Waals surface area contributed by atoms with Crippen molar-refractivity contribution in [3.63, 3.8) is 0 Å². The van der Waals surface area contributed by atoms with E-state index in [2.05, 4.69) is 0 Å². The maximum atomic E-state index is 12.9. The van der Waals surface area contributed by atoms with Crippen LogP contribution in [-0.4, -0.2) is 52.3 Å². The molecule has 0 spiro atoms. The Morgan fingerprint density at radius 1 is 0.778 bits per heavy atom. The summed E-state index contributed by atoms with van der Waals surface area (Å²) in [6.07, 6.45) is 3.16. The molecule has 0 radical (unpaired) electrons. The zero-order valence-electron chi connectivity index (χ0n) is 16.1. The van der Waals surface area contributed by atoms with Gasteiger partial charge in [0, 0.05) is 22.0 Å². The molecule has 0 bridgehead atoms. The quantitative estimate of drug-likeness (QED) is 0.514. The minimum absolute atomic E-state index is 0.130. The SMILES string of the molecule is CCC12C3(C)C(C(=O)OC)=CC1(C(=O)OC)C2(C(=O)OC)C=C3C(=O)OC. The minimum atomic E-state index is -1.45. The van der Waals surface area contributed by atoms with Crippen LogP contribution in [0.25, 0.3) is 0 Å². The second kappa shape index (κ2) is 5.43. The third kappa shape index (κ3) is 1.50. The van der Waals surface area contributed by atoms with Crippen LogP contribution < -0.4 is 0 Å². The Morgan fingerprint density at radius 2 is 1.15 bits per heavy atom. The number of fused-ring (bicyclic) bond motifs is 1. The van der Waals surface area contributed by atoms with Crippen molar-refractivity contribution >= 4 is 23.9 Å². The molecule has 8 nitrogen and oxygen atoms in total. The molecule has 0 aliphatic heterocycles. The van der Waals surface area contributed by atoms with Crippen molar-refractivity contribution in [1.82, 2.24) is 0 Å². The van der Waals surface area contributed by atoms with Crippen molar-refractivity contribution in [3.05, 3.63) is 23.3 Å². The number of carbonyl (C=O) groups excluding carboxylic acids is 4. The number of rotatable bonds is 5. The fourth-order valence-electron chi connectivity index (χ4n) is 6.04. The van der Waals surface area contributed by atoms with Crippen LogP contribution in [0.4, 0.5) is 0 Å². The summed E-state index contributed by atoms with van der Waals surface area (Å²) in [7, 11) is 4.85. The standard InChI is InChI=1S/C19H22O8/c1-7-19-16(2)10(12(20)24-3)8-17(19,14(22)26-5)18(19,15(23)27-6)9-11(16)13(21)25-4/h8-9H,7H2,1-6H3. The first-order valence-electron chi connectivity index (χ1n) is 8.48. The summed E-state index contributed by atoms with van der Waals surface area (Å²) >= 11 is 0. The van der Waals surface area contributed by atoms with Gasteiger partial charge in [0.1, 0.15) is 10.8 Å². The highest BCUT2D eigenvalue weighted by molar-refractivity contribution is 6.12. The first-order chi connectivity index (χ1) is 12.7. The average molecular weight is 378 g/mol. The fourth-order valence-corrected chi connectivity index (χ4v) is 6.04. The minimum Gasteiger partial charge on any atom is -0.468 e. The Balaban J connectivity index is 2.43. The van der Waals surface area contributed by atoms with Gasteiger partial charge in [0.05, 0.1) is 28.4 Å². The molecule has 2 atom stereocenters. The van der Waals surface area contributed by atoms with Crippen LogP contribution in [0.5, 0.6) is 0 Å². The summed E-state index contributed by atoms with van der Waals surface area (Å²) in [5.74, 6) is -2.70. The lowest BCUT2D eigenvalue weighted by atomic mass is 9.65. The lowest BCUT2D eigenvalue weighted by molar-refractivity contribution is -0.153. The Hall–Kier alpha value is -2.64. The lowest BCUT2D eigenvalue weighted by Gasteiger charge is -2.35. The van der Waals surface area contributed by atoms with Crippen LogP contribution >= 0.6 is 0 Å². The molecular weight excluding hydrogens is 356 g/mol. The third-order valence-electron chi connectivity index (χ3n) is 6.91. The average Bonchev–Trinajstić information content (AvgIpc) is 3.04. The third-order valence-corrected chi connectivity index (χ3v) is 6.91. The van der Waals surface area contributed by atoms with E-state index in [-0.39, 0.29) is 11.1 Å². The van der Waals surface area contributed by atoms with Crippen LogP contribution in [0.1, 0.15) is 20.3 Å². The molecule has 3 aliphatic rings. The number of esters is 4. The maximum Gasteiger partial charge on any atom is 0.334 e. The van der Waals surface area contributed by atoms with Gasteiger partial charge in [-0.1, -0.05) is 26.0 Å². The van der Waals surface area contributed by atoms with Gasteiger partial charge in [-0.3, -0.25) is 9.59 Å². The molecule has 2 unspecified atom stereocenters. The monoisotopic (exact) mass is 378 g/mol. The molecule has 0 heterocycles. The number of hydrogen-bond donors (Lipinski definition) is 0. The van der Waals surface area contributed by atoms with Gasteiger partial charge in [-0.15, -0.1) is 0 Å². The van der Waals surface area contributed by atoms with E-state index in [1.54, 1.807) is 13.8 Å². The van der Waals surface area contributed by atoms with Gasteiger partial charge >= 0.3 is 23.9 Å². The van der Waals surface area contributed by atoms with Crippen molar-refractivity contribution in [2.24, 2.45) is 21.7 Å². The molecule has 0 aromatic carbocycles. The van der Waals surface area contributed by atoms with E-state index in [1.807, 2.05) is 0 Å². The van der Waals surface area contributed by atoms with Crippen molar-refractivity contribution in [2.75, 3.05) is 28.4 Å². The van der Waals surface area contributed by atoms with Gasteiger partial charge in [0.2, 0.25) is 0 Å². The van der Waals surface area contributed by atoms with E-state index in [4.69, 9.17) is 18.9 Å². The molecular formula is C19H22O8. The highest BCUT2D eigenvalue weighted by Gasteiger charge is 3.02. The maximum absolute atomic E-state index is 12.9. The molecule has 1 fully saturated rings. The van der Waals surface area contributed by atoms with E-state index in [1.165, 1.54) is 40.6 Å². The molecule has 3 aliphatic carbocycles. The van der Waals surface area contributed by atoms with Crippen molar-refractivity contribution < 1.29 is 38.1 Å². The number of carbonyl (C=O) groups is 4. The molecule has 27 heavy (non-hydrogen) atoms. The van der Waals surface area contributed by atoms with Crippen LogP contribution in [0.2, 0.25) is 0 Å². The predicted octanol–water partition coefficient (Wildman–Crippen LogP) is 0.947. The topological polar surface area (TPSA) is 105 Å².